The second-order valence-electron chi connectivity index (χ2n) is 4.98. The lowest BCUT2D eigenvalue weighted by atomic mass is 9.84. The van der Waals surface area contributed by atoms with E-state index in [1.54, 1.807) is 6.92 Å². The summed E-state index contributed by atoms with van der Waals surface area (Å²) in [5.41, 5.74) is 0.601. The average molecular weight is 284 g/mol. The third-order valence-electron chi connectivity index (χ3n) is 3.36. The van der Waals surface area contributed by atoms with E-state index in [1.807, 2.05) is 6.92 Å². The number of esters is 1. The highest BCUT2D eigenvalue weighted by Gasteiger charge is 2.27. The number of hydrogen-bond donors (Lipinski definition) is 0. The van der Waals surface area contributed by atoms with Crippen LogP contribution < -0.4 is 0 Å². The zero-order chi connectivity index (χ0) is 15.1. The quantitative estimate of drug-likeness (QED) is 0.515. The van der Waals surface area contributed by atoms with Gasteiger partial charge in [-0.25, -0.2) is 8.78 Å². The van der Waals surface area contributed by atoms with Crippen LogP contribution in [0.15, 0.2) is 36.2 Å². The maximum atomic E-state index is 13.8. The molecule has 3 atom stereocenters. The molecule has 1 aliphatic carbocycles. The van der Waals surface area contributed by atoms with Crippen LogP contribution >= 0.6 is 0 Å². The maximum Gasteiger partial charge on any atom is 0.309 e. The summed E-state index contributed by atoms with van der Waals surface area (Å²) in [5, 5.41) is 0. The van der Waals surface area contributed by atoms with E-state index in [2.05, 4.69) is 6.58 Å². The van der Waals surface area contributed by atoms with Gasteiger partial charge in [0.1, 0.15) is 12.0 Å². The first-order chi connectivity index (χ1) is 9.49. The highest BCUT2D eigenvalue weighted by atomic mass is 19.1. The number of halogens is 2. The molecule has 0 spiro atoms. The van der Waals surface area contributed by atoms with Gasteiger partial charge in [-0.2, -0.15) is 0 Å². The Bertz CT molecular complexity index is 413. The normalized spacial score (nSPS) is 23.1. The molecule has 20 heavy (non-hydrogen) atoms. The Hall–Kier alpha value is -1.45. The number of rotatable bonds is 7. The third kappa shape index (κ3) is 4.58. The zero-order valence-electron chi connectivity index (χ0n) is 12.1. The van der Waals surface area contributed by atoms with Crippen LogP contribution in [0.1, 0.15) is 33.1 Å². The monoisotopic (exact) mass is 284 g/mol. The topological polar surface area (TPSA) is 26.3 Å². The van der Waals surface area contributed by atoms with E-state index >= 15 is 0 Å². The molecule has 0 fully saturated rings. The Morgan fingerprint density at radius 2 is 2.20 bits per heavy atom. The van der Waals surface area contributed by atoms with Gasteiger partial charge in [0.2, 0.25) is 0 Å². The number of carbonyl (C=O) groups is 1. The summed E-state index contributed by atoms with van der Waals surface area (Å²) in [6.07, 6.45) is 4.12. The zero-order valence-corrected chi connectivity index (χ0v) is 12.1. The molecule has 2 nitrogen and oxygen atoms in total. The van der Waals surface area contributed by atoms with Gasteiger partial charge in [-0.05, 0) is 31.9 Å². The summed E-state index contributed by atoms with van der Waals surface area (Å²) < 4.78 is 31.7. The number of allylic oxidation sites excluding steroid dienone is 5. The molecule has 0 aromatic heterocycles. The van der Waals surface area contributed by atoms with Gasteiger partial charge in [0.25, 0.3) is 0 Å². The van der Waals surface area contributed by atoms with Gasteiger partial charge < -0.3 is 4.74 Å². The van der Waals surface area contributed by atoms with Gasteiger partial charge in [-0.3, -0.25) is 4.79 Å². The van der Waals surface area contributed by atoms with Crippen LogP contribution in [0.5, 0.6) is 0 Å². The predicted octanol–water partition coefficient (Wildman–Crippen LogP) is 4.29. The summed E-state index contributed by atoms with van der Waals surface area (Å²) in [6.45, 7) is 7.93. The molecule has 0 saturated carbocycles. The largest absolute Gasteiger partial charge is 0.466 e. The van der Waals surface area contributed by atoms with Crippen molar-refractivity contribution in [1.29, 1.82) is 0 Å². The predicted molar refractivity (Wildman–Crippen MR) is 75.5 cm³/mol. The Balaban J connectivity index is 2.67. The molecule has 4 heteroatoms. The SMILES string of the molecule is C=C(CC(CCC)C(=O)OCC)C1C=CC(F)=CC1F. The minimum atomic E-state index is -1.42. The van der Waals surface area contributed by atoms with Gasteiger partial charge in [-0.15, -0.1) is 0 Å². The molecule has 0 aromatic rings. The van der Waals surface area contributed by atoms with Crippen LogP contribution in [0.2, 0.25) is 0 Å². The molecular weight excluding hydrogens is 262 g/mol. The van der Waals surface area contributed by atoms with Crippen molar-refractivity contribution in [3.05, 3.63) is 36.2 Å². The molecule has 0 bridgehead atoms. The van der Waals surface area contributed by atoms with Crippen molar-refractivity contribution >= 4 is 5.97 Å². The molecule has 1 rings (SSSR count). The number of alkyl halides is 1. The summed E-state index contributed by atoms with van der Waals surface area (Å²) in [6, 6.07) is 0. The van der Waals surface area contributed by atoms with E-state index in [1.165, 1.54) is 12.2 Å². The van der Waals surface area contributed by atoms with Crippen LogP contribution in [0.4, 0.5) is 8.78 Å². The smallest absolute Gasteiger partial charge is 0.309 e. The van der Waals surface area contributed by atoms with Crippen molar-refractivity contribution in [2.24, 2.45) is 11.8 Å². The number of ether oxygens (including phenoxy) is 1. The highest BCUT2D eigenvalue weighted by Crippen LogP contribution is 2.31. The molecule has 0 aliphatic heterocycles. The van der Waals surface area contributed by atoms with Crippen LogP contribution in [0.3, 0.4) is 0 Å². The summed E-state index contributed by atoms with van der Waals surface area (Å²) in [7, 11) is 0. The van der Waals surface area contributed by atoms with Crippen LogP contribution in [-0.2, 0) is 9.53 Å². The van der Waals surface area contributed by atoms with Crippen molar-refractivity contribution in [2.75, 3.05) is 6.61 Å². The summed E-state index contributed by atoms with van der Waals surface area (Å²) in [5.74, 6) is -1.71. The fourth-order valence-electron chi connectivity index (χ4n) is 2.34. The van der Waals surface area contributed by atoms with Gasteiger partial charge in [0.15, 0.2) is 0 Å². The first-order valence-electron chi connectivity index (χ1n) is 7.03. The Kier molecular flexibility index (Phi) is 6.62. The second kappa shape index (κ2) is 7.98. The Labute approximate surface area is 119 Å². The number of carbonyl (C=O) groups excluding carboxylic acids is 1. The second-order valence-corrected chi connectivity index (χ2v) is 4.98. The van der Waals surface area contributed by atoms with E-state index in [9.17, 15) is 13.6 Å². The molecule has 112 valence electrons. The van der Waals surface area contributed by atoms with Crippen molar-refractivity contribution in [2.45, 2.75) is 39.3 Å². The van der Waals surface area contributed by atoms with Crippen molar-refractivity contribution in [1.82, 2.24) is 0 Å². The van der Waals surface area contributed by atoms with Crippen LogP contribution in [0, 0.1) is 11.8 Å². The molecule has 3 unspecified atom stereocenters. The third-order valence-corrected chi connectivity index (χ3v) is 3.36. The molecule has 0 heterocycles. The molecule has 0 N–H and O–H groups in total. The van der Waals surface area contributed by atoms with Gasteiger partial charge in [0, 0.05) is 5.92 Å². The van der Waals surface area contributed by atoms with Crippen molar-refractivity contribution in [3.63, 3.8) is 0 Å². The first-order valence-corrected chi connectivity index (χ1v) is 7.03. The van der Waals surface area contributed by atoms with E-state index in [-0.39, 0.29) is 11.9 Å². The summed E-state index contributed by atoms with van der Waals surface area (Å²) >= 11 is 0. The average Bonchev–Trinajstić information content (AvgIpc) is 2.38. The van der Waals surface area contributed by atoms with Gasteiger partial charge >= 0.3 is 5.97 Å². The standard InChI is InChI=1S/C16H22F2O2/c1-4-6-12(16(19)20-5-2)9-11(3)14-8-7-13(17)10-15(14)18/h7-8,10,12,14-15H,3-6,9H2,1-2H3. The molecule has 0 amide bonds. The van der Waals surface area contributed by atoms with Crippen molar-refractivity contribution in [3.8, 4) is 0 Å². The van der Waals surface area contributed by atoms with Crippen molar-refractivity contribution < 1.29 is 18.3 Å². The summed E-state index contributed by atoms with van der Waals surface area (Å²) in [4.78, 5) is 11.8. The first kappa shape index (κ1) is 16.6. The highest BCUT2D eigenvalue weighted by molar-refractivity contribution is 5.72. The lowest BCUT2D eigenvalue weighted by Gasteiger charge is -2.23. The van der Waals surface area contributed by atoms with E-state index in [0.29, 0.717) is 25.0 Å². The molecule has 0 saturated heterocycles. The molecule has 1 aliphatic rings. The minimum absolute atomic E-state index is 0.271. The van der Waals surface area contributed by atoms with Gasteiger partial charge in [-0.1, -0.05) is 31.6 Å². The number of hydrogen-bond acceptors (Lipinski definition) is 2. The fourth-order valence-corrected chi connectivity index (χ4v) is 2.34. The van der Waals surface area contributed by atoms with E-state index in [0.717, 1.165) is 12.5 Å². The fraction of sp³-hybridized carbons (Fsp3) is 0.562. The van der Waals surface area contributed by atoms with Crippen LogP contribution in [0.25, 0.3) is 0 Å². The maximum absolute atomic E-state index is 13.8. The van der Waals surface area contributed by atoms with E-state index < -0.39 is 17.9 Å². The van der Waals surface area contributed by atoms with Crippen LogP contribution in [-0.4, -0.2) is 18.7 Å². The Morgan fingerprint density at radius 3 is 2.75 bits per heavy atom. The lowest BCUT2D eigenvalue weighted by Crippen LogP contribution is -2.23. The molecular formula is C16H22F2O2. The van der Waals surface area contributed by atoms with Gasteiger partial charge in [0.05, 0.1) is 12.5 Å². The van der Waals surface area contributed by atoms with E-state index in [4.69, 9.17) is 4.74 Å². The minimum Gasteiger partial charge on any atom is -0.466 e. The molecule has 0 radical (unpaired) electrons. The molecule has 0 aromatic carbocycles. The Morgan fingerprint density at radius 1 is 1.50 bits per heavy atom. The lowest BCUT2D eigenvalue weighted by molar-refractivity contribution is -0.148.